The Morgan fingerprint density at radius 1 is 1.57 bits per heavy atom. The fraction of sp³-hybridized carbons (Fsp3) is 0.400. The third-order valence-corrected chi connectivity index (χ3v) is 2.35. The van der Waals surface area contributed by atoms with Gasteiger partial charge in [0, 0.05) is 19.3 Å². The van der Waals surface area contributed by atoms with Gasteiger partial charge in [-0.3, -0.25) is 9.88 Å². The Kier molecular flexibility index (Phi) is 2.44. The Balaban J connectivity index is 2.12. The molecular weight excluding hydrogens is 178 g/mol. The molecule has 0 radical (unpaired) electrons. The van der Waals surface area contributed by atoms with Crippen LogP contribution in [0.4, 0.5) is 0 Å². The lowest BCUT2D eigenvalue weighted by atomic mass is 10.1. The van der Waals surface area contributed by atoms with Gasteiger partial charge in [-0.1, -0.05) is 6.07 Å². The number of hydrogen-bond acceptors (Lipinski definition) is 4. The zero-order valence-corrected chi connectivity index (χ0v) is 7.67. The first-order chi connectivity index (χ1) is 6.81. The molecule has 0 amide bonds. The Morgan fingerprint density at radius 3 is 2.86 bits per heavy atom. The molecule has 2 rings (SSSR count). The van der Waals surface area contributed by atoms with Crippen LogP contribution in [0.5, 0.6) is 0 Å². The van der Waals surface area contributed by atoms with Crippen molar-refractivity contribution >= 4 is 0 Å². The van der Waals surface area contributed by atoms with Gasteiger partial charge in [-0.2, -0.15) is 5.26 Å². The molecule has 0 bridgehead atoms. The lowest BCUT2D eigenvalue weighted by Gasteiger charge is -2.38. The van der Waals surface area contributed by atoms with E-state index in [0.717, 1.165) is 5.69 Å². The summed E-state index contributed by atoms with van der Waals surface area (Å²) in [6, 6.07) is 7.39. The van der Waals surface area contributed by atoms with Gasteiger partial charge in [0.25, 0.3) is 0 Å². The van der Waals surface area contributed by atoms with E-state index in [-0.39, 0.29) is 12.1 Å². The molecule has 1 aliphatic rings. The SMILES string of the molecule is N#C[C@@H](c1ccccn1)N1CC(O)C1. The fourth-order valence-electron chi connectivity index (χ4n) is 1.57. The van der Waals surface area contributed by atoms with E-state index in [1.54, 1.807) is 6.20 Å². The predicted molar refractivity (Wildman–Crippen MR) is 50.2 cm³/mol. The summed E-state index contributed by atoms with van der Waals surface area (Å²) in [4.78, 5) is 6.04. The summed E-state index contributed by atoms with van der Waals surface area (Å²) in [5.74, 6) is 0. The normalized spacial score (nSPS) is 19.7. The fourth-order valence-corrected chi connectivity index (χ4v) is 1.57. The molecule has 1 atom stereocenters. The molecule has 1 N–H and O–H groups in total. The molecule has 0 aliphatic carbocycles. The van der Waals surface area contributed by atoms with Crippen molar-refractivity contribution in [1.82, 2.24) is 9.88 Å². The summed E-state index contributed by atoms with van der Waals surface area (Å²) in [5, 5.41) is 18.1. The van der Waals surface area contributed by atoms with Crippen LogP contribution < -0.4 is 0 Å². The Morgan fingerprint density at radius 2 is 2.36 bits per heavy atom. The monoisotopic (exact) mass is 189 g/mol. The number of aliphatic hydroxyl groups excluding tert-OH is 1. The van der Waals surface area contributed by atoms with Crippen molar-refractivity contribution in [2.24, 2.45) is 0 Å². The number of likely N-dealkylation sites (tertiary alicyclic amines) is 1. The second-order valence-corrected chi connectivity index (χ2v) is 3.39. The molecule has 2 heterocycles. The second-order valence-electron chi connectivity index (χ2n) is 3.39. The Labute approximate surface area is 82.4 Å². The summed E-state index contributed by atoms with van der Waals surface area (Å²) in [5.41, 5.74) is 0.752. The molecule has 1 fully saturated rings. The topological polar surface area (TPSA) is 60.2 Å². The van der Waals surface area contributed by atoms with Gasteiger partial charge in [-0.05, 0) is 12.1 Å². The predicted octanol–water partition coefficient (Wildman–Crippen LogP) is 0.323. The van der Waals surface area contributed by atoms with Crippen LogP contribution in [0.15, 0.2) is 24.4 Å². The van der Waals surface area contributed by atoms with Crippen molar-refractivity contribution in [2.75, 3.05) is 13.1 Å². The van der Waals surface area contributed by atoms with Crippen molar-refractivity contribution in [1.29, 1.82) is 5.26 Å². The smallest absolute Gasteiger partial charge is 0.141 e. The maximum absolute atomic E-state index is 9.14. The standard InChI is InChI=1S/C10H11N3O/c11-5-10(13-6-8(14)7-13)9-3-1-2-4-12-9/h1-4,8,10,14H,6-7H2/t10-/m0/s1. The molecule has 0 unspecified atom stereocenters. The molecule has 0 spiro atoms. The average molecular weight is 189 g/mol. The quantitative estimate of drug-likeness (QED) is 0.728. The number of aliphatic hydroxyl groups is 1. The third kappa shape index (κ3) is 1.60. The van der Waals surface area contributed by atoms with Gasteiger partial charge in [0.15, 0.2) is 0 Å². The summed E-state index contributed by atoms with van der Waals surface area (Å²) >= 11 is 0. The summed E-state index contributed by atoms with van der Waals surface area (Å²) in [7, 11) is 0. The van der Waals surface area contributed by atoms with E-state index in [1.165, 1.54) is 0 Å². The number of rotatable bonds is 2. The highest BCUT2D eigenvalue weighted by Gasteiger charge is 2.32. The van der Waals surface area contributed by atoms with Crippen molar-refractivity contribution in [3.63, 3.8) is 0 Å². The summed E-state index contributed by atoms with van der Waals surface area (Å²) in [6.45, 7) is 1.13. The van der Waals surface area contributed by atoms with Crippen LogP contribution in [-0.4, -0.2) is 34.2 Å². The van der Waals surface area contributed by atoms with Gasteiger partial charge >= 0.3 is 0 Å². The number of nitriles is 1. The number of β-amino-alcohol motifs (C(OH)–C–C–N with tert-alkyl or cyclic N) is 1. The highest BCUT2D eigenvalue weighted by atomic mass is 16.3. The van der Waals surface area contributed by atoms with Crippen molar-refractivity contribution in [2.45, 2.75) is 12.1 Å². The number of pyridine rings is 1. The summed E-state index contributed by atoms with van der Waals surface area (Å²) in [6.07, 6.45) is 1.39. The minimum atomic E-state index is -0.320. The van der Waals surface area contributed by atoms with Gasteiger partial charge in [-0.15, -0.1) is 0 Å². The van der Waals surface area contributed by atoms with E-state index >= 15 is 0 Å². The maximum Gasteiger partial charge on any atom is 0.141 e. The average Bonchev–Trinajstić information content (AvgIpc) is 2.18. The van der Waals surface area contributed by atoms with Gasteiger partial charge in [0.05, 0.1) is 17.9 Å². The minimum absolute atomic E-state index is 0.283. The Bertz CT molecular complexity index is 340. The molecule has 1 aromatic heterocycles. The highest BCUT2D eigenvalue weighted by Crippen LogP contribution is 2.23. The first kappa shape index (κ1) is 9.13. The van der Waals surface area contributed by atoms with Gasteiger partial charge in [0.1, 0.15) is 6.04 Å². The lowest BCUT2D eigenvalue weighted by molar-refractivity contribution is -0.0135. The zero-order valence-electron chi connectivity index (χ0n) is 7.67. The van der Waals surface area contributed by atoms with E-state index in [2.05, 4.69) is 11.1 Å². The largest absolute Gasteiger partial charge is 0.390 e. The van der Waals surface area contributed by atoms with Crippen molar-refractivity contribution in [3.8, 4) is 6.07 Å². The molecule has 1 saturated heterocycles. The molecule has 0 aromatic carbocycles. The van der Waals surface area contributed by atoms with Crippen LogP contribution in [0.3, 0.4) is 0 Å². The van der Waals surface area contributed by atoms with Crippen LogP contribution in [0.2, 0.25) is 0 Å². The number of aromatic nitrogens is 1. The van der Waals surface area contributed by atoms with Gasteiger partial charge in [0.2, 0.25) is 0 Å². The van der Waals surface area contributed by atoms with Gasteiger partial charge in [-0.25, -0.2) is 0 Å². The van der Waals surface area contributed by atoms with Gasteiger partial charge < -0.3 is 5.11 Å². The molecular formula is C10H11N3O. The first-order valence-electron chi connectivity index (χ1n) is 4.54. The van der Waals surface area contributed by atoms with Crippen LogP contribution in [-0.2, 0) is 0 Å². The van der Waals surface area contributed by atoms with E-state index in [0.29, 0.717) is 13.1 Å². The molecule has 72 valence electrons. The molecule has 1 aromatic rings. The van der Waals surface area contributed by atoms with E-state index in [9.17, 15) is 0 Å². The van der Waals surface area contributed by atoms with Crippen molar-refractivity contribution < 1.29 is 5.11 Å². The van der Waals surface area contributed by atoms with Crippen LogP contribution in [0.25, 0.3) is 0 Å². The summed E-state index contributed by atoms with van der Waals surface area (Å²) < 4.78 is 0. The van der Waals surface area contributed by atoms with Crippen molar-refractivity contribution in [3.05, 3.63) is 30.1 Å². The van der Waals surface area contributed by atoms with Crippen LogP contribution in [0, 0.1) is 11.3 Å². The minimum Gasteiger partial charge on any atom is -0.390 e. The third-order valence-electron chi connectivity index (χ3n) is 2.35. The molecule has 4 nitrogen and oxygen atoms in total. The zero-order chi connectivity index (χ0) is 9.97. The second kappa shape index (κ2) is 3.74. The Hall–Kier alpha value is -1.44. The highest BCUT2D eigenvalue weighted by molar-refractivity contribution is 5.17. The van der Waals surface area contributed by atoms with E-state index in [1.807, 2.05) is 23.1 Å². The first-order valence-corrected chi connectivity index (χ1v) is 4.54. The molecule has 0 saturated carbocycles. The molecule has 14 heavy (non-hydrogen) atoms. The maximum atomic E-state index is 9.14. The van der Waals surface area contributed by atoms with E-state index < -0.39 is 0 Å². The molecule has 4 heteroatoms. The molecule has 1 aliphatic heterocycles. The van der Waals surface area contributed by atoms with Crippen LogP contribution >= 0.6 is 0 Å². The number of hydrogen-bond donors (Lipinski definition) is 1. The van der Waals surface area contributed by atoms with E-state index in [4.69, 9.17) is 10.4 Å². The lowest BCUT2D eigenvalue weighted by Crippen LogP contribution is -2.51. The van der Waals surface area contributed by atoms with Crippen LogP contribution in [0.1, 0.15) is 11.7 Å². The number of nitrogens with zero attached hydrogens (tertiary/aromatic N) is 3.